The Morgan fingerprint density at radius 1 is 1.03 bits per heavy atom. The van der Waals surface area contributed by atoms with Crippen LogP contribution in [0.3, 0.4) is 0 Å². The lowest BCUT2D eigenvalue weighted by atomic mass is 10.0. The van der Waals surface area contributed by atoms with Crippen molar-refractivity contribution < 1.29 is 8.78 Å². The van der Waals surface area contributed by atoms with E-state index in [1.807, 2.05) is 6.07 Å². The number of hydrogen-bond acceptors (Lipinski definition) is 6. The van der Waals surface area contributed by atoms with Crippen molar-refractivity contribution in [2.45, 2.75) is 18.9 Å². The number of aromatic amines is 1. The molecule has 0 saturated carbocycles. The standard InChI is InChI=1S/C21H19F2N7/c22-14-1-2-17(16(23)9-14)27-15-4-7-30(8-5-15)21-20(13-10-25-26-11-13)28-19-12-24-6-3-18(19)29-21/h1-3,6,9-12,15,27H,4-5,7-8H2,(H,25,26). The first-order chi connectivity index (χ1) is 14.7. The van der Waals surface area contributed by atoms with E-state index in [0.717, 1.165) is 60.1 Å². The number of H-pyrrole nitrogens is 1. The number of rotatable bonds is 4. The molecule has 1 aliphatic heterocycles. The highest BCUT2D eigenvalue weighted by molar-refractivity contribution is 5.82. The van der Waals surface area contributed by atoms with Gasteiger partial charge < -0.3 is 10.2 Å². The van der Waals surface area contributed by atoms with E-state index in [0.29, 0.717) is 5.69 Å². The summed E-state index contributed by atoms with van der Waals surface area (Å²) in [5.41, 5.74) is 3.44. The average Bonchev–Trinajstić information content (AvgIpc) is 3.30. The van der Waals surface area contributed by atoms with Gasteiger partial charge in [-0.1, -0.05) is 0 Å². The van der Waals surface area contributed by atoms with Gasteiger partial charge in [0.2, 0.25) is 0 Å². The molecule has 7 nitrogen and oxygen atoms in total. The van der Waals surface area contributed by atoms with Crippen LogP contribution in [0.1, 0.15) is 12.8 Å². The molecule has 9 heteroatoms. The van der Waals surface area contributed by atoms with E-state index in [1.165, 1.54) is 12.1 Å². The number of pyridine rings is 1. The van der Waals surface area contributed by atoms with Crippen LogP contribution in [0.4, 0.5) is 20.3 Å². The highest BCUT2D eigenvalue weighted by Crippen LogP contribution is 2.31. The van der Waals surface area contributed by atoms with Gasteiger partial charge in [0.25, 0.3) is 0 Å². The van der Waals surface area contributed by atoms with Gasteiger partial charge in [-0.2, -0.15) is 5.10 Å². The molecule has 3 aromatic heterocycles. The molecule has 1 aliphatic rings. The van der Waals surface area contributed by atoms with Gasteiger partial charge in [-0.15, -0.1) is 0 Å². The number of aromatic nitrogens is 5. The maximum Gasteiger partial charge on any atom is 0.156 e. The first kappa shape index (κ1) is 18.4. The molecule has 0 atom stereocenters. The number of anilines is 2. The van der Waals surface area contributed by atoms with Crippen LogP contribution in [0.25, 0.3) is 22.3 Å². The largest absolute Gasteiger partial charge is 0.380 e. The SMILES string of the molecule is Fc1ccc(NC2CCN(c3nc4ccncc4nc3-c3cn[nH]c3)CC2)c(F)c1. The Bertz CT molecular complexity index is 1170. The second kappa shape index (κ2) is 7.66. The summed E-state index contributed by atoms with van der Waals surface area (Å²) in [4.78, 5) is 15.9. The van der Waals surface area contributed by atoms with Gasteiger partial charge in [0.15, 0.2) is 5.82 Å². The van der Waals surface area contributed by atoms with Crippen molar-refractivity contribution in [3.05, 3.63) is 60.7 Å². The average molecular weight is 407 g/mol. The number of benzene rings is 1. The zero-order valence-electron chi connectivity index (χ0n) is 16.0. The summed E-state index contributed by atoms with van der Waals surface area (Å²) in [7, 11) is 0. The molecule has 30 heavy (non-hydrogen) atoms. The van der Waals surface area contributed by atoms with Crippen molar-refractivity contribution in [2.24, 2.45) is 0 Å². The van der Waals surface area contributed by atoms with Crippen molar-refractivity contribution in [1.82, 2.24) is 25.1 Å². The van der Waals surface area contributed by atoms with Gasteiger partial charge in [-0.25, -0.2) is 18.7 Å². The van der Waals surface area contributed by atoms with Gasteiger partial charge in [-0.3, -0.25) is 10.1 Å². The highest BCUT2D eigenvalue weighted by atomic mass is 19.1. The van der Waals surface area contributed by atoms with Crippen molar-refractivity contribution in [3.8, 4) is 11.3 Å². The molecule has 0 aliphatic carbocycles. The van der Waals surface area contributed by atoms with Gasteiger partial charge in [0, 0.05) is 43.2 Å². The third kappa shape index (κ3) is 3.54. The summed E-state index contributed by atoms with van der Waals surface area (Å²) < 4.78 is 27.1. The fourth-order valence-corrected chi connectivity index (χ4v) is 3.75. The number of fused-ring (bicyclic) bond motifs is 1. The van der Waals surface area contributed by atoms with Crippen LogP contribution in [-0.2, 0) is 0 Å². The Morgan fingerprint density at radius 2 is 1.90 bits per heavy atom. The Morgan fingerprint density at radius 3 is 2.67 bits per heavy atom. The van der Waals surface area contributed by atoms with Gasteiger partial charge >= 0.3 is 0 Å². The predicted octanol–water partition coefficient (Wildman–Crippen LogP) is 3.77. The minimum absolute atomic E-state index is 0.0937. The van der Waals surface area contributed by atoms with Crippen molar-refractivity contribution in [2.75, 3.05) is 23.3 Å². The smallest absolute Gasteiger partial charge is 0.156 e. The number of nitrogens with zero attached hydrogens (tertiary/aromatic N) is 5. The molecule has 152 valence electrons. The molecule has 0 bridgehead atoms. The number of nitrogens with one attached hydrogen (secondary N) is 2. The molecule has 4 aromatic rings. The third-order valence-electron chi connectivity index (χ3n) is 5.31. The van der Waals surface area contributed by atoms with Crippen LogP contribution in [0, 0.1) is 11.6 Å². The van der Waals surface area contributed by atoms with Crippen LogP contribution in [0.2, 0.25) is 0 Å². The second-order valence-electron chi connectivity index (χ2n) is 7.28. The van der Waals surface area contributed by atoms with Crippen LogP contribution in [0.15, 0.2) is 49.1 Å². The lowest BCUT2D eigenvalue weighted by Crippen LogP contribution is -2.40. The molecule has 4 heterocycles. The minimum atomic E-state index is -0.579. The highest BCUT2D eigenvalue weighted by Gasteiger charge is 2.24. The summed E-state index contributed by atoms with van der Waals surface area (Å²) in [6.45, 7) is 1.47. The van der Waals surface area contributed by atoms with E-state index in [4.69, 9.17) is 9.97 Å². The summed E-state index contributed by atoms with van der Waals surface area (Å²) in [6.07, 6.45) is 8.49. The monoisotopic (exact) mass is 407 g/mol. The van der Waals surface area contributed by atoms with Gasteiger partial charge in [0.05, 0.1) is 23.6 Å². The molecule has 1 saturated heterocycles. The van der Waals surface area contributed by atoms with E-state index >= 15 is 0 Å². The quantitative estimate of drug-likeness (QED) is 0.536. The van der Waals surface area contributed by atoms with Gasteiger partial charge in [0.1, 0.15) is 22.8 Å². The van der Waals surface area contributed by atoms with Crippen LogP contribution in [0.5, 0.6) is 0 Å². The second-order valence-corrected chi connectivity index (χ2v) is 7.28. The van der Waals surface area contributed by atoms with E-state index in [9.17, 15) is 8.78 Å². The Labute approximate surface area is 171 Å². The molecule has 0 spiro atoms. The topological polar surface area (TPSA) is 82.6 Å². The molecule has 2 N–H and O–H groups in total. The van der Waals surface area contributed by atoms with Crippen molar-refractivity contribution >= 4 is 22.5 Å². The van der Waals surface area contributed by atoms with E-state index < -0.39 is 11.6 Å². The summed E-state index contributed by atoms with van der Waals surface area (Å²) in [5.74, 6) is -0.361. The van der Waals surface area contributed by atoms with E-state index in [1.54, 1.807) is 24.8 Å². The van der Waals surface area contributed by atoms with Crippen molar-refractivity contribution in [1.29, 1.82) is 0 Å². The summed E-state index contributed by atoms with van der Waals surface area (Å²) in [6, 6.07) is 5.54. The Hall–Kier alpha value is -3.62. The molecule has 1 fully saturated rings. The minimum Gasteiger partial charge on any atom is -0.380 e. The first-order valence-electron chi connectivity index (χ1n) is 9.75. The Kier molecular flexibility index (Phi) is 4.70. The van der Waals surface area contributed by atoms with Crippen LogP contribution in [-0.4, -0.2) is 44.3 Å². The number of piperidine rings is 1. The Balaban J connectivity index is 1.38. The lowest BCUT2D eigenvalue weighted by Gasteiger charge is -2.34. The van der Waals surface area contributed by atoms with Gasteiger partial charge in [-0.05, 0) is 31.0 Å². The molecule has 0 radical (unpaired) electrons. The molecular formula is C21H19F2N7. The summed E-state index contributed by atoms with van der Waals surface area (Å²) >= 11 is 0. The zero-order valence-corrected chi connectivity index (χ0v) is 16.0. The fraction of sp³-hybridized carbons (Fsp3) is 0.238. The maximum atomic E-state index is 14.0. The number of halogens is 2. The normalized spacial score (nSPS) is 14.9. The summed E-state index contributed by atoms with van der Waals surface area (Å²) in [5, 5.41) is 10.1. The lowest BCUT2D eigenvalue weighted by molar-refractivity contribution is 0.518. The van der Waals surface area contributed by atoms with E-state index in [-0.39, 0.29) is 6.04 Å². The molecule has 5 rings (SSSR count). The zero-order chi connectivity index (χ0) is 20.5. The predicted molar refractivity (Wildman–Crippen MR) is 110 cm³/mol. The maximum absolute atomic E-state index is 14.0. The molecule has 1 aromatic carbocycles. The molecular weight excluding hydrogens is 388 g/mol. The first-order valence-corrected chi connectivity index (χ1v) is 9.75. The number of hydrogen-bond donors (Lipinski definition) is 2. The van der Waals surface area contributed by atoms with Crippen molar-refractivity contribution in [3.63, 3.8) is 0 Å². The molecule has 0 amide bonds. The van der Waals surface area contributed by atoms with Crippen LogP contribution < -0.4 is 10.2 Å². The third-order valence-corrected chi connectivity index (χ3v) is 5.31. The van der Waals surface area contributed by atoms with Crippen LogP contribution >= 0.6 is 0 Å². The van der Waals surface area contributed by atoms with E-state index in [2.05, 4.69) is 25.4 Å². The fourth-order valence-electron chi connectivity index (χ4n) is 3.75. The molecule has 0 unspecified atom stereocenters.